The molecule has 1 aliphatic rings. The first kappa shape index (κ1) is 16.1. The summed E-state index contributed by atoms with van der Waals surface area (Å²) in [6.45, 7) is 4.52. The van der Waals surface area contributed by atoms with E-state index in [2.05, 4.69) is 30.5 Å². The molecule has 0 saturated carbocycles. The second kappa shape index (κ2) is 6.25. The number of hydrogen-bond donors (Lipinski definition) is 2. The van der Waals surface area contributed by atoms with Crippen molar-refractivity contribution in [1.29, 1.82) is 0 Å². The van der Waals surface area contributed by atoms with Crippen LogP contribution in [-0.2, 0) is 17.8 Å². The third-order valence-electron chi connectivity index (χ3n) is 3.42. The van der Waals surface area contributed by atoms with Crippen LogP contribution in [0.15, 0.2) is 18.2 Å². The molecule has 1 aliphatic heterocycles. The van der Waals surface area contributed by atoms with E-state index in [1.165, 1.54) is 4.90 Å². The highest BCUT2D eigenvalue weighted by Crippen LogP contribution is 2.35. The molecule has 0 atom stereocenters. The molecule has 1 aromatic carbocycles. The van der Waals surface area contributed by atoms with Crippen molar-refractivity contribution in [2.24, 2.45) is 0 Å². The first-order chi connectivity index (χ1) is 10.3. The van der Waals surface area contributed by atoms with Crippen molar-refractivity contribution < 1.29 is 14.3 Å². The number of urea groups is 1. The highest BCUT2D eigenvalue weighted by atomic mass is 16.5. The Labute approximate surface area is 130 Å². The van der Waals surface area contributed by atoms with Crippen LogP contribution >= 0.6 is 0 Å². The maximum absolute atomic E-state index is 11.7. The molecule has 3 amide bonds. The fourth-order valence-corrected chi connectivity index (χ4v) is 2.35. The Kier molecular flexibility index (Phi) is 4.59. The molecule has 0 bridgehead atoms. The number of carbonyl (C=O) groups excluding carboxylic acids is 2. The fraction of sp³-hybridized carbons (Fsp3) is 0.500. The summed E-state index contributed by atoms with van der Waals surface area (Å²) >= 11 is 0. The number of nitrogens with one attached hydrogen (secondary N) is 2. The van der Waals surface area contributed by atoms with Crippen LogP contribution < -0.4 is 15.4 Å². The van der Waals surface area contributed by atoms with Crippen LogP contribution in [0.4, 0.5) is 4.79 Å². The van der Waals surface area contributed by atoms with E-state index in [0.29, 0.717) is 6.54 Å². The van der Waals surface area contributed by atoms with Crippen molar-refractivity contribution in [2.45, 2.75) is 32.4 Å². The topological polar surface area (TPSA) is 70.7 Å². The van der Waals surface area contributed by atoms with E-state index in [9.17, 15) is 9.59 Å². The molecule has 2 N–H and O–H groups in total. The molecule has 0 radical (unpaired) electrons. The van der Waals surface area contributed by atoms with Crippen LogP contribution in [0.1, 0.15) is 25.0 Å². The normalized spacial score (nSPS) is 14.7. The monoisotopic (exact) mass is 305 g/mol. The number of amides is 3. The van der Waals surface area contributed by atoms with Crippen LogP contribution in [0.25, 0.3) is 0 Å². The van der Waals surface area contributed by atoms with E-state index >= 15 is 0 Å². The zero-order valence-electron chi connectivity index (χ0n) is 13.5. The van der Waals surface area contributed by atoms with Gasteiger partial charge in [-0.2, -0.15) is 0 Å². The minimum Gasteiger partial charge on any atom is -0.487 e. The van der Waals surface area contributed by atoms with Crippen molar-refractivity contribution in [2.75, 3.05) is 20.6 Å². The SMILES string of the molecule is CN(C)C(=O)NCC(=O)NCc1ccc2c(c1)CC(C)(C)O2. The Bertz CT molecular complexity index is 582. The number of carbonyl (C=O) groups is 2. The summed E-state index contributed by atoms with van der Waals surface area (Å²) in [6, 6.07) is 5.66. The van der Waals surface area contributed by atoms with Gasteiger partial charge in [-0.05, 0) is 31.0 Å². The van der Waals surface area contributed by atoms with Crippen molar-refractivity contribution in [3.8, 4) is 5.75 Å². The van der Waals surface area contributed by atoms with Crippen molar-refractivity contribution in [3.05, 3.63) is 29.3 Å². The maximum atomic E-state index is 11.7. The third kappa shape index (κ3) is 4.13. The Morgan fingerprint density at radius 3 is 2.68 bits per heavy atom. The molecule has 1 aromatic rings. The Balaban J connectivity index is 1.83. The molecule has 0 aliphatic carbocycles. The molecule has 0 aromatic heterocycles. The third-order valence-corrected chi connectivity index (χ3v) is 3.42. The lowest BCUT2D eigenvalue weighted by Gasteiger charge is -2.16. The van der Waals surface area contributed by atoms with E-state index in [1.54, 1.807) is 14.1 Å². The molecule has 120 valence electrons. The highest BCUT2D eigenvalue weighted by Gasteiger charge is 2.29. The minimum absolute atomic E-state index is 0.0297. The molecule has 0 fully saturated rings. The lowest BCUT2D eigenvalue weighted by atomic mass is 10.0. The van der Waals surface area contributed by atoms with Crippen LogP contribution in [-0.4, -0.2) is 43.1 Å². The summed E-state index contributed by atoms with van der Waals surface area (Å²) < 4.78 is 5.82. The van der Waals surface area contributed by atoms with Crippen molar-refractivity contribution in [3.63, 3.8) is 0 Å². The second-order valence-electron chi connectivity index (χ2n) is 6.31. The molecule has 6 nitrogen and oxygen atoms in total. The standard InChI is InChI=1S/C16H23N3O3/c1-16(2)8-12-7-11(5-6-13(12)22-16)9-17-14(20)10-18-15(21)19(3)4/h5-7H,8-10H2,1-4H3,(H,17,20)(H,18,21). The Morgan fingerprint density at radius 1 is 1.27 bits per heavy atom. The van der Waals surface area contributed by atoms with Crippen LogP contribution in [0.2, 0.25) is 0 Å². The molecular formula is C16H23N3O3. The van der Waals surface area contributed by atoms with Gasteiger partial charge in [0.15, 0.2) is 0 Å². The number of ether oxygens (including phenoxy) is 1. The largest absolute Gasteiger partial charge is 0.487 e. The van der Waals surface area contributed by atoms with E-state index in [-0.39, 0.29) is 24.1 Å². The molecular weight excluding hydrogens is 282 g/mol. The van der Waals surface area contributed by atoms with Crippen LogP contribution in [0.3, 0.4) is 0 Å². The zero-order chi connectivity index (χ0) is 16.3. The molecule has 0 unspecified atom stereocenters. The molecule has 0 saturated heterocycles. The highest BCUT2D eigenvalue weighted by molar-refractivity contribution is 5.83. The van der Waals surface area contributed by atoms with Gasteiger partial charge in [-0.25, -0.2) is 4.79 Å². The second-order valence-corrected chi connectivity index (χ2v) is 6.31. The summed E-state index contributed by atoms with van der Waals surface area (Å²) in [4.78, 5) is 24.4. The number of hydrogen-bond acceptors (Lipinski definition) is 3. The summed E-state index contributed by atoms with van der Waals surface area (Å²) in [6.07, 6.45) is 0.864. The molecule has 22 heavy (non-hydrogen) atoms. The smallest absolute Gasteiger partial charge is 0.317 e. The van der Waals surface area contributed by atoms with Gasteiger partial charge in [-0.3, -0.25) is 4.79 Å². The number of nitrogens with zero attached hydrogens (tertiary/aromatic N) is 1. The van der Waals surface area contributed by atoms with Gasteiger partial charge >= 0.3 is 6.03 Å². The molecule has 6 heteroatoms. The predicted molar refractivity (Wildman–Crippen MR) is 83.8 cm³/mol. The first-order valence-corrected chi connectivity index (χ1v) is 7.29. The predicted octanol–water partition coefficient (Wildman–Crippen LogP) is 1.29. The van der Waals surface area contributed by atoms with E-state index in [4.69, 9.17) is 4.74 Å². The van der Waals surface area contributed by atoms with Gasteiger partial charge in [-0.15, -0.1) is 0 Å². The average Bonchev–Trinajstić information content (AvgIpc) is 2.75. The Morgan fingerprint density at radius 2 is 2.00 bits per heavy atom. The summed E-state index contributed by atoms with van der Waals surface area (Å²) in [5.74, 6) is 0.700. The van der Waals surface area contributed by atoms with Gasteiger partial charge in [0.05, 0.1) is 6.54 Å². The van der Waals surface area contributed by atoms with Gasteiger partial charge < -0.3 is 20.3 Å². The minimum atomic E-state index is -0.285. The lowest BCUT2D eigenvalue weighted by molar-refractivity contribution is -0.120. The van der Waals surface area contributed by atoms with Crippen molar-refractivity contribution in [1.82, 2.24) is 15.5 Å². The number of benzene rings is 1. The summed E-state index contributed by atoms with van der Waals surface area (Å²) in [5, 5.41) is 5.32. The molecule has 0 spiro atoms. The van der Waals surface area contributed by atoms with E-state index in [0.717, 1.165) is 23.3 Å². The van der Waals surface area contributed by atoms with Gasteiger partial charge in [0.2, 0.25) is 5.91 Å². The molecule has 2 rings (SSSR count). The van der Waals surface area contributed by atoms with Gasteiger partial charge in [0.1, 0.15) is 11.4 Å². The number of fused-ring (bicyclic) bond motifs is 1. The summed E-state index contributed by atoms with van der Waals surface area (Å²) in [5.41, 5.74) is 2.02. The molecule has 1 heterocycles. The van der Waals surface area contributed by atoms with Crippen molar-refractivity contribution >= 4 is 11.9 Å². The number of rotatable bonds is 4. The van der Waals surface area contributed by atoms with Gasteiger partial charge in [0.25, 0.3) is 0 Å². The maximum Gasteiger partial charge on any atom is 0.317 e. The first-order valence-electron chi connectivity index (χ1n) is 7.29. The average molecular weight is 305 g/mol. The zero-order valence-corrected chi connectivity index (χ0v) is 13.5. The van der Waals surface area contributed by atoms with E-state index in [1.807, 2.05) is 12.1 Å². The van der Waals surface area contributed by atoms with Crippen LogP contribution in [0, 0.1) is 0 Å². The fourth-order valence-electron chi connectivity index (χ4n) is 2.35. The quantitative estimate of drug-likeness (QED) is 0.880. The Hall–Kier alpha value is -2.24. The van der Waals surface area contributed by atoms with Gasteiger partial charge in [-0.1, -0.05) is 12.1 Å². The summed E-state index contributed by atoms with van der Waals surface area (Å²) in [7, 11) is 3.25. The lowest BCUT2D eigenvalue weighted by Crippen LogP contribution is -2.41. The van der Waals surface area contributed by atoms with E-state index < -0.39 is 0 Å². The van der Waals surface area contributed by atoms with Gasteiger partial charge in [0, 0.05) is 27.1 Å². The van der Waals surface area contributed by atoms with Crippen LogP contribution in [0.5, 0.6) is 5.75 Å².